The molecule has 9 heteroatoms. The Bertz CT molecular complexity index is 990. The van der Waals surface area contributed by atoms with Crippen molar-refractivity contribution >= 4 is 50.2 Å². The fourth-order valence-corrected chi connectivity index (χ4v) is 3.00. The number of carboxylic acid groups (broad SMARTS) is 1. The largest absolute Gasteiger partial charge is 0.478 e. The molecule has 0 fully saturated rings. The molecule has 2 aromatic carbocycles. The van der Waals surface area contributed by atoms with Crippen molar-refractivity contribution in [1.82, 2.24) is 4.98 Å². The second kappa shape index (κ2) is 6.14. The molecule has 0 saturated heterocycles. The molecule has 0 aliphatic rings. The summed E-state index contributed by atoms with van der Waals surface area (Å²) in [7, 11) is 0. The second-order valence-electron chi connectivity index (χ2n) is 4.71. The average molecular weight is 369 g/mol. The van der Waals surface area contributed by atoms with E-state index >= 15 is 0 Å². The number of nitrogens with zero attached hydrogens (tertiary/aromatic N) is 1. The fraction of sp³-hybridized carbons (Fsp3) is 0. The molecule has 2 N–H and O–H groups in total. The predicted octanol–water partition coefficient (Wildman–Crippen LogP) is 4.18. The summed E-state index contributed by atoms with van der Waals surface area (Å²) in [6.07, 6.45) is 0. The molecule has 3 rings (SSSR count). The van der Waals surface area contributed by atoms with Crippen LogP contribution in [0.1, 0.15) is 20.7 Å². The lowest BCUT2D eigenvalue weighted by molar-refractivity contribution is 0.0696. The van der Waals surface area contributed by atoms with Crippen LogP contribution in [0.25, 0.3) is 10.2 Å². The van der Waals surface area contributed by atoms with Crippen molar-refractivity contribution in [3.8, 4) is 0 Å². The molecule has 1 heterocycles. The first-order valence-electron chi connectivity index (χ1n) is 6.45. The van der Waals surface area contributed by atoms with Crippen LogP contribution >= 0.6 is 22.9 Å². The van der Waals surface area contributed by atoms with Gasteiger partial charge in [-0.05, 0) is 30.3 Å². The number of carbonyl (C=O) groups is 2. The molecule has 0 radical (unpaired) electrons. The van der Waals surface area contributed by atoms with Crippen LogP contribution in [0.4, 0.5) is 13.9 Å². The molecule has 122 valence electrons. The van der Waals surface area contributed by atoms with Gasteiger partial charge in [0.2, 0.25) is 0 Å². The first-order valence-corrected chi connectivity index (χ1v) is 7.64. The Kier molecular flexibility index (Phi) is 4.16. The maximum atomic E-state index is 13.9. The minimum atomic E-state index is -1.27. The van der Waals surface area contributed by atoms with Gasteiger partial charge in [-0.3, -0.25) is 10.1 Å². The number of amides is 1. The van der Waals surface area contributed by atoms with Crippen LogP contribution in [-0.2, 0) is 0 Å². The number of carboxylic acids is 1. The number of thiazole rings is 1. The van der Waals surface area contributed by atoms with Gasteiger partial charge in [0.15, 0.2) is 10.9 Å². The standard InChI is InChI=1S/C15H7ClF2N2O3S/c16-8-2-1-6(3-9(8)17)13(21)20-15-19-12-10(18)4-7(14(22)23)5-11(12)24-15/h1-5H,(H,22,23)(H,19,20,21). The van der Waals surface area contributed by atoms with E-state index < -0.39 is 23.5 Å². The zero-order valence-electron chi connectivity index (χ0n) is 11.6. The van der Waals surface area contributed by atoms with Crippen molar-refractivity contribution in [1.29, 1.82) is 0 Å². The van der Waals surface area contributed by atoms with E-state index in [0.29, 0.717) is 0 Å². The van der Waals surface area contributed by atoms with Crippen LogP contribution in [0.5, 0.6) is 0 Å². The molecular weight excluding hydrogens is 362 g/mol. The van der Waals surface area contributed by atoms with Gasteiger partial charge < -0.3 is 5.11 Å². The van der Waals surface area contributed by atoms with E-state index in [1.165, 1.54) is 18.2 Å². The Morgan fingerprint density at radius 1 is 1.12 bits per heavy atom. The van der Waals surface area contributed by atoms with E-state index in [-0.39, 0.29) is 31.5 Å². The van der Waals surface area contributed by atoms with Gasteiger partial charge in [0.25, 0.3) is 5.91 Å². The van der Waals surface area contributed by atoms with Crippen molar-refractivity contribution in [2.24, 2.45) is 0 Å². The first-order chi connectivity index (χ1) is 11.3. The molecule has 1 aromatic heterocycles. The van der Waals surface area contributed by atoms with Crippen LogP contribution in [0.3, 0.4) is 0 Å². The number of aromatic nitrogens is 1. The smallest absolute Gasteiger partial charge is 0.335 e. The zero-order chi connectivity index (χ0) is 17.4. The topological polar surface area (TPSA) is 79.3 Å². The number of carbonyl (C=O) groups excluding carboxylic acids is 1. The van der Waals surface area contributed by atoms with Crippen molar-refractivity contribution in [3.63, 3.8) is 0 Å². The SMILES string of the molecule is O=C(O)c1cc(F)c2nc(NC(=O)c3ccc(Cl)c(F)c3)sc2c1. The Balaban J connectivity index is 1.92. The lowest BCUT2D eigenvalue weighted by Crippen LogP contribution is -2.11. The highest BCUT2D eigenvalue weighted by molar-refractivity contribution is 7.22. The van der Waals surface area contributed by atoms with E-state index in [4.69, 9.17) is 16.7 Å². The molecule has 5 nitrogen and oxygen atoms in total. The maximum absolute atomic E-state index is 13.9. The van der Waals surface area contributed by atoms with E-state index in [1.807, 2.05) is 0 Å². The highest BCUT2D eigenvalue weighted by atomic mass is 35.5. The minimum Gasteiger partial charge on any atom is -0.478 e. The molecule has 0 aliphatic carbocycles. The van der Waals surface area contributed by atoms with Crippen molar-refractivity contribution in [2.45, 2.75) is 0 Å². The molecule has 0 unspecified atom stereocenters. The normalized spacial score (nSPS) is 10.8. The average Bonchev–Trinajstić information content (AvgIpc) is 2.92. The Labute approximate surface area is 142 Å². The molecule has 0 spiro atoms. The molecule has 0 saturated carbocycles. The van der Waals surface area contributed by atoms with E-state index in [1.54, 1.807) is 0 Å². The zero-order valence-corrected chi connectivity index (χ0v) is 13.2. The third kappa shape index (κ3) is 3.06. The number of nitrogens with one attached hydrogen (secondary N) is 1. The molecule has 3 aromatic rings. The molecular formula is C15H7ClF2N2O3S. The molecule has 0 bridgehead atoms. The van der Waals surface area contributed by atoms with Gasteiger partial charge in [-0.2, -0.15) is 0 Å². The van der Waals surface area contributed by atoms with Gasteiger partial charge in [0, 0.05) is 5.56 Å². The Morgan fingerprint density at radius 3 is 2.50 bits per heavy atom. The quantitative estimate of drug-likeness (QED) is 0.727. The summed E-state index contributed by atoms with van der Waals surface area (Å²) in [6.45, 7) is 0. The summed E-state index contributed by atoms with van der Waals surface area (Å²) < 4.78 is 27.5. The Morgan fingerprint density at radius 2 is 1.83 bits per heavy atom. The molecule has 0 aliphatic heterocycles. The minimum absolute atomic E-state index is 0.0165. The maximum Gasteiger partial charge on any atom is 0.335 e. The van der Waals surface area contributed by atoms with Gasteiger partial charge in [-0.25, -0.2) is 18.6 Å². The van der Waals surface area contributed by atoms with E-state index in [2.05, 4.69) is 10.3 Å². The van der Waals surface area contributed by atoms with Crippen LogP contribution in [0, 0.1) is 11.6 Å². The van der Waals surface area contributed by atoms with Gasteiger partial charge in [0.05, 0.1) is 15.3 Å². The van der Waals surface area contributed by atoms with Gasteiger partial charge in [-0.1, -0.05) is 22.9 Å². The number of aromatic carboxylic acids is 1. The van der Waals surface area contributed by atoms with Crippen molar-refractivity contribution in [2.75, 3.05) is 5.32 Å². The summed E-state index contributed by atoms with van der Waals surface area (Å²) in [5.74, 6) is -3.47. The number of hydrogen-bond acceptors (Lipinski definition) is 4. The number of anilines is 1. The third-order valence-corrected chi connectivity index (χ3v) is 4.32. The van der Waals surface area contributed by atoms with E-state index in [9.17, 15) is 18.4 Å². The van der Waals surface area contributed by atoms with Gasteiger partial charge in [-0.15, -0.1) is 0 Å². The number of fused-ring (bicyclic) bond motifs is 1. The summed E-state index contributed by atoms with van der Waals surface area (Å²) in [5.41, 5.74) is -0.258. The number of rotatable bonds is 3. The Hall–Kier alpha value is -2.58. The first kappa shape index (κ1) is 16.3. The lowest BCUT2D eigenvalue weighted by Gasteiger charge is -2.02. The van der Waals surface area contributed by atoms with Crippen LogP contribution in [0.15, 0.2) is 30.3 Å². The van der Waals surface area contributed by atoms with Gasteiger partial charge in [0.1, 0.15) is 11.3 Å². The van der Waals surface area contributed by atoms with Crippen molar-refractivity contribution in [3.05, 3.63) is 58.1 Å². The molecule has 0 atom stereocenters. The van der Waals surface area contributed by atoms with Gasteiger partial charge >= 0.3 is 5.97 Å². The fourth-order valence-electron chi connectivity index (χ4n) is 1.97. The molecule has 1 amide bonds. The second-order valence-corrected chi connectivity index (χ2v) is 6.15. The van der Waals surface area contributed by atoms with Crippen LogP contribution in [0.2, 0.25) is 5.02 Å². The summed E-state index contributed by atoms with van der Waals surface area (Å²) in [4.78, 5) is 26.9. The van der Waals surface area contributed by atoms with Crippen molar-refractivity contribution < 1.29 is 23.5 Å². The van der Waals surface area contributed by atoms with Crippen LogP contribution < -0.4 is 5.32 Å². The summed E-state index contributed by atoms with van der Waals surface area (Å²) in [6, 6.07) is 5.65. The molecule has 24 heavy (non-hydrogen) atoms. The van der Waals surface area contributed by atoms with Crippen LogP contribution in [-0.4, -0.2) is 22.0 Å². The number of hydrogen-bond donors (Lipinski definition) is 2. The highest BCUT2D eigenvalue weighted by Gasteiger charge is 2.16. The number of benzene rings is 2. The lowest BCUT2D eigenvalue weighted by atomic mass is 10.2. The monoisotopic (exact) mass is 368 g/mol. The predicted molar refractivity (Wildman–Crippen MR) is 85.9 cm³/mol. The highest BCUT2D eigenvalue weighted by Crippen LogP contribution is 2.29. The summed E-state index contributed by atoms with van der Waals surface area (Å²) in [5, 5.41) is 11.3. The third-order valence-electron chi connectivity index (χ3n) is 3.10. The summed E-state index contributed by atoms with van der Waals surface area (Å²) >= 11 is 6.46. The number of halogens is 3. The van der Waals surface area contributed by atoms with E-state index in [0.717, 1.165) is 23.5 Å².